The largest absolute Gasteiger partial charge is 0.493 e. The molecule has 0 unspecified atom stereocenters. The Labute approximate surface area is 98.8 Å². The van der Waals surface area contributed by atoms with Crippen molar-refractivity contribution < 1.29 is 19.7 Å². The van der Waals surface area contributed by atoms with Crippen molar-refractivity contribution in [1.82, 2.24) is 0 Å². The molecule has 4 heteroatoms. The Kier molecular flexibility index (Phi) is 2.16. The molecule has 2 aliphatic rings. The molecule has 1 aromatic carbocycles. The third-order valence-electron chi connectivity index (χ3n) is 3.74. The number of aliphatic hydroxyl groups is 1. The first-order chi connectivity index (χ1) is 8.08. The maximum absolute atomic E-state index is 10.8. The van der Waals surface area contributed by atoms with Crippen molar-refractivity contribution in [3.8, 4) is 5.75 Å². The van der Waals surface area contributed by atoms with E-state index in [1.54, 1.807) is 0 Å². The van der Waals surface area contributed by atoms with Gasteiger partial charge in [-0.05, 0) is 36.1 Å². The van der Waals surface area contributed by atoms with Crippen molar-refractivity contribution >= 4 is 5.97 Å². The summed E-state index contributed by atoms with van der Waals surface area (Å²) in [5, 5.41) is 19.2. The third kappa shape index (κ3) is 1.60. The maximum Gasteiger partial charge on any atom is 0.306 e. The van der Waals surface area contributed by atoms with Crippen LogP contribution in [0.1, 0.15) is 24.0 Å². The maximum atomic E-state index is 10.8. The van der Waals surface area contributed by atoms with Gasteiger partial charge >= 0.3 is 5.97 Å². The van der Waals surface area contributed by atoms with Gasteiger partial charge in [-0.2, -0.15) is 0 Å². The zero-order chi connectivity index (χ0) is 12.0. The Morgan fingerprint density at radius 2 is 2.18 bits per heavy atom. The molecular weight excluding hydrogens is 220 g/mol. The van der Waals surface area contributed by atoms with Gasteiger partial charge < -0.3 is 14.9 Å². The highest BCUT2D eigenvalue weighted by Gasteiger charge is 2.47. The monoisotopic (exact) mass is 234 g/mol. The Morgan fingerprint density at radius 3 is 2.88 bits per heavy atom. The molecule has 1 aromatic rings. The lowest BCUT2D eigenvalue weighted by molar-refractivity contribution is -0.159. The molecule has 1 heterocycles. The van der Waals surface area contributed by atoms with E-state index in [1.165, 1.54) is 0 Å². The van der Waals surface area contributed by atoms with E-state index in [9.17, 15) is 9.90 Å². The quantitative estimate of drug-likeness (QED) is 0.809. The Morgan fingerprint density at radius 1 is 1.41 bits per heavy atom. The van der Waals surface area contributed by atoms with Gasteiger partial charge in [0.15, 0.2) is 0 Å². The summed E-state index contributed by atoms with van der Waals surface area (Å²) in [5.41, 5.74) is 0.967. The number of ether oxygens (including phenoxy) is 1. The second-order valence-corrected chi connectivity index (χ2v) is 4.90. The van der Waals surface area contributed by atoms with Gasteiger partial charge in [0.1, 0.15) is 5.75 Å². The predicted octanol–water partition coefficient (Wildman–Crippen LogP) is 1.30. The van der Waals surface area contributed by atoms with Gasteiger partial charge in [-0.1, -0.05) is 6.07 Å². The van der Waals surface area contributed by atoms with Crippen LogP contribution in [0.2, 0.25) is 0 Å². The fraction of sp³-hybridized carbons (Fsp3) is 0.462. The minimum absolute atomic E-state index is 0.308. The van der Waals surface area contributed by atoms with Crippen LogP contribution in [0.4, 0.5) is 0 Å². The lowest BCUT2D eigenvalue weighted by atomic mass is 9.67. The molecule has 2 N–H and O–H groups in total. The first-order valence-corrected chi connectivity index (χ1v) is 5.80. The molecule has 3 rings (SSSR count). The Balaban J connectivity index is 1.84. The van der Waals surface area contributed by atoms with Crippen LogP contribution in [0.3, 0.4) is 0 Å². The molecule has 1 fully saturated rings. The normalized spacial score (nSPS) is 30.3. The van der Waals surface area contributed by atoms with Crippen molar-refractivity contribution in [2.75, 3.05) is 6.61 Å². The van der Waals surface area contributed by atoms with Crippen LogP contribution in [0.15, 0.2) is 18.2 Å². The van der Waals surface area contributed by atoms with Crippen molar-refractivity contribution in [1.29, 1.82) is 0 Å². The minimum Gasteiger partial charge on any atom is -0.493 e. The van der Waals surface area contributed by atoms with Crippen molar-refractivity contribution in [2.45, 2.75) is 24.9 Å². The van der Waals surface area contributed by atoms with Crippen LogP contribution in [0.25, 0.3) is 0 Å². The standard InChI is InChI=1S/C13H14O4/c14-12(15)9-6-13(16,7-9)10-1-2-11-8(5-10)3-4-17-11/h1-2,5,9,16H,3-4,6-7H2,(H,14,15). The number of carboxylic acid groups (broad SMARTS) is 1. The number of benzene rings is 1. The van der Waals surface area contributed by atoms with E-state index in [1.807, 2.05) is 18.2 Å². The average molecular weight is 234 g/mol. The SMILES string of the molecule is O=C(O)C1CC(O)(c2ccc3c(c2)CCO3)C1. The van der Waals surface area contributed by atoms with Crippen LogP contribution < -0.4 is 4.74 Å². The van der Waals surface area contributed by atoms with Gasteiger partial charge in [-0.3, -0.25) is 4.79 Å². The Hall–Kier alpha value is -1.55. The number of carbonyl (C=O) groups is 1. The molecule has 17 heavy (non-hydrogen) atoms. The van der Waals surface area contributed by atoms with Crippen LogP contribution >= 0.6 is 0 Å². The first kappa shape index (κ1) is 10.6. The molecule has 4 nitrogen and oxygen atoms in total. The smallest absolute Gasteiger partial charge is 0.306 e. The summed E-state index contributed by atoms with van der Waals surface area (Å²) < 4.78 is 5.40. The molecule has 0 saturated heterocycles. The van der Waals surface area contributed by atoms with Crippen LogP contribution in [0.5, 0.6) is 5.75 Å². The van der Waals surface area contributed by atoms with Gasteiger partial charge in [0.05, 0.1) is 18.1 Å². The van der Waals surface area contributed by atoms with Gasteiger partial charge in [0, 0.05) is 6.42 Å². The van der Waals surface area contributed by atoms with E-state index in [0.29, 0.717) is 19.4 Å². The van der Waals surface area contributed by atoms with Gasteiger partial charge in [-0.15, -0.1) is 0 Å². The summed E-state index contributed by atoms with van der Waals surface area (Å²) in [6.07, 6.45) is 1.48. The van der Waals surface area contributed by atoms with Gasteiger partial charge in [0.25, 0.3) is 0 Å². The highest BCUT2D eigenvalue weighted by Crippen LogP contribution is 2.46. The number of aliphatic carboxylic acids is 1. The number of hydrogen-bond donors (Lipinski definition) is 2. The van der Waals surface area contributed by atoms with Crippen LogP contribution in [0, 0.1) is 5.92 Å². The number of fused-ring (bicyclic) bond motifs is 1. The topological polar surface area (TPSA) is 66.8 Å². The summed E-state index contributed by atoms with van der Waals surface area (Å²) in [6.45, 7) is 0.689. The first-order valence-electron chi connectivity index (χ1n) is 5.80. The third-order valence-corrected chi connectivity index (χ3v) is 3.74. The summed E-state index contributed by atoms with van der Waals surface area (Å²) in [6, 6.07) is 5.65. The summed E-state index contributed by atoms with van der Waals surface area (Å²) in [5.74, 6) is -0.352. The lowest BCUT2D eigenvalue weighted by Gasteiger charge is -2.42. The van der Waals surface area contributed by atoms with Crippen molar-refractivity contribution in [3.63, 3.8) is 0 Å². The van der Waals surface area contributed by atoms with E-state index < -0.39 is 17.5 Å². The second kappa shape index (κ2) is 3.47. The van der Waals surface area contributed by atoms with E-state index in [0.717, 1.165) is 23.3 Å². The average Bonchev–Trinajstić information content (AvgIpc) is 2.71. The molecule has 1 aliphatic carbocycles. The molecule has 0 spiro atoms. The molecular formula is C13H14O4. The van der Waals surface area contributed by atoms with Crippen LogP contribution in [-0.2, 0) is 16.8 Å². The second-order valence-electron chi connectivity index (χ2n) is 4.90. The summed E-state index contributed by atoms with van der Waals surface area (Å²) in [7, 11) is 0. The molecule has 0 bridgehead atoms. The fourth-order valence-corrected chi connectivity index (χ4v) is 2.64. The van der Waals surface area contributed by atoms with Gasteiger partial charge in [0.2, 0.25) is 0 Å². The van der Waals surface area contributed by atoms with Crippen molar-refractivity contribution in [2.24, 2.45) is 5.92 Å². The number of hydrogen-bond acceptors (Lipinski definition) is 3. The molecule has 0 atom stereocenters. The summed E-state index contributed by atoms with van der Waals surface area (Å²) >= 11 is 0. The van der Waals surface area contributed by atoms with E-state index in [2.05, 4.69) is 0 Å². The lowest BCUT2D eigenvalue weighted by Crippen LogP contribution is -2.44. The molecule has 90 valence electrons. The molecule has 1 saturated carbocycles. The minimum atomic E-state index is -0.958. The van der Waals surface area contributed by atoms with E-state index in [4.69, 9.17) is 9.84 Å². The summed E-state index contributed by atoms with van der Waals surface area (Å²) in [4.78, 5) is 10.8. The number of carboxylic acids is 1. The molecule has 0 amide bonds. The molecule has 1 aliphatic heterocycles. The number of rotatable bonds is 2. The van der Waals surface area contributed by atoms with E-state index in [-0.39, 0.29) is 0 Å². The molecule has 0 radical (unpaired) electrons. The van der Waals surface area contributed by atoms with Crippen LogP contribution in [-0.4, -0.2) is 22.8 Å². The van der Waals surface area contributed by atoms with Crippen molar-refractivity contribution in [3.05, 3.63) is 29.3 Å². The highest BCUT2D eigenvalue weighted by atomic mass is 16.5. The fourth-order valence-electron chi connectivity index (χ4n) is 2.64. The van der Waals surface area contributed by atoms with E-state index >= 15 is 0 Å². The predicted molar refractivity (Wildman–Crippen MR) is 59.9 cm³/mol. The Bertz CT molecular complexity index is 474. The van der Waals surface area contributed by atoms with Gasteiger partial charge in [-0.25, -0.2) is 0 Å². The zero-order valence-corrected chi connectivity index (χ0v) is 9.35. The zero-order valence-electron chi connectivity index (χ0n) is 9.35. The highest BCUT2D eigenvalue weighted by molar-refractivity contribution is 5.72. The molecule has 0 aromatic heterocycles.